The predicted octanol–water partition coefficient (Wildman–Crippen LogP) is 0.506. The molecule has 0 fully saturated rings. The topological polar surface area (TPSA) is 54.9 Å². The molecule has 68 valence electrons. The molecule has 1 atom stereocenters. The zero-order valence-corrected chi connectivity index (χ0v) is 8.18. The van der Waals surface area contributed by atoms with Crippen molar-refractivity contribution in [2.75, 3.05) is 7.05 Å². The highest BCUT2D eigenvalue weighted by molar-refractivity contribution is 7.89. The number of rotatable bonds is 1. The maximum absolute atomic E-state index is 11.7. The van der Waals surface area contributed by atoms with E-state index in [4.69, 9.17) is 0 Å². The molecule has 2 rings (SSSR count). The number of nitrogens with one attached hydrogen (secondary N) is 1. The van der Waals surface area contributed by atoms with Crippen molar-refractivity contribution in [2.24, 2.45) is 0 Å². The maximum atomic E-state index is 11.7. The molecule has 5 heteroatoms. The first kappa shape index (κ1) is 8.37. The van der Waals surface area contributed by atoms with E-state index in [-0.39, 0.29) is 0 Å². The van der Waals surface area contributed by atoms with Crippen LogP contribution in [0.5, 0.6) is 0 Å². The van der Waals surface area contributed by atoms with Gasteiger partial charge in [0.2, 0.25) is 0 Å². The van der Waals surface area contributed by atoms with Gasteiger partial charge in [-0.15, -0.1) is 0 Å². The number of hydrogen-bond donors (Lipinski definition) is 1. The Hall–Kier alpha value is -1.23. The summed E-state index contributed by atoms with van der Waals surface area (Å²) in [5, 5.41) is 3.62. The monoisotopic (exact) mass is 195 g/mol. The van der Waals surface area contributed by atoms with E-state index in [9.17, 15) is 4.21 Å². The van der Waals surface area contributed by atoms with Crippen LogP contribution < -0.4 is 5.32 Å². The van der Waals surface area contributed by atoms with E-state index >= 15 is 0 Å². The van der Waals surface area contributed by atoms with Crippen LogP contribution in [-0.4, -0.2) is 21.2 Å². The van der Waals surface area contributed by atoms with Gasteiger partial charge in [-0.2, -0.15) is 0 Å². The first-order valence-corrected chi connectivity index (χ1v) is 5.01. The van der Waals surface area contributed by atoms with Gasteiger partial charge in [0.25, 0.3) is 0 Å². The predicted molar refractivity (Wildman–Crippen MR) is 50.1 cm³/mol. The zero-order valence-electron chi connectivity index (χ0n) is 7.37. The normalized spacial score (nSPS) is 20.3. The van der Waals surface area contributed by atoms with E-state index in [0.29, 0.717) is 5.03 Å². The van der Waals surface area contributed by atoms with E-state index < -0.39 is 10.8 Å². The Bertz CT molecular complexity index is 414. The Morgan fingerprint density at radius 1 is 1.54 bits per heavy atom. The molecule has 1 aromatic heterocycles. The van der Waals surface area contributed by atoms with Crippen LogP contribution >= 0.6 is 0 Å². The molecule has 1 aliphatic rings. The maximum Gasteiger partial charge on any atom is 0.144 e. The van der Waals surface area contributed by atoms with Gasteiger partial charge in [0, 0.05) is 18.1 Å². The van der Waals surface area contributed by atoms with Crippen LogP contribution in [0.15, 0.2) is 22.5 Å². The van der Waals surface area contributed by atoms with E-state index in [0.717, 1.165) is 16.2 Å². The summed E-state index contributed by atoms with van der Waals surface area (Å²) in [6, 6.07) is 0. The summed E-state index contributed by atoms with van der Waals surface area (Å²) in [5.74, 6) is 0. The summed E-state index contributed by atoms with van der Waals surface area (Å²) in [7, 11) is 0.697. The first-order chi connectivity index (χ1) is 6.25. The van der Waals surface area contributed by atoms with E-state index in [2.05, 4.69) is 15.3 Å². The number of nitrogens with zero attached hydrogens (tertiary/aromatic N) is 2. The summed E-state index contributed by atoms with van der Waals surface area (Å²) in [6.45, 7) is 1.84. The van der Waals surface area contributed by atoms with Crippen LogP contribution in [0.1, 0.15) is 12.5 Å². The number of hydrogen-bond acceptors (Lipinski definition) is 4. The molecule has 1 aromatic rings. The Morgan fingerprint density at radius 3 is 3.00 bits per heavy atom. The lowest BCUT2D eigenvalue weighted by atomic mass is 10.2. The molecule has 1 N–H and O–H groups in total. The van der Waals surface area contributed by atoms with Crippen molar-refractivity contribution in [1.82, 2.24) is 15.3 Å². The molecule has 13 heavy (non-hydrogen) atoms. The van der Waals surface area contributed by atoms with Gasteiger partial charge >= 0.3 is 0 Å². The molecule has 0 amide bonds. The van der Waals surface area contributed by atoms with Crippen LogP contribution in [0.4, 0.5) is 0 Å². The largest absolute Gasteiger partial charge is 0.387 e. The third-order valence-corrected chi connectivity index (χ3v) is 3.44. The van der Waals surface area contributed by atoms with Gasteiger partial charge in [-0.1, -0.05) is 0 Å². The summed E-state index contributed by atoms with van der Waals surface area (Å²) in [5.41, 5.74) is 1.73. The highest BCUT2D eigenvalue weighted by Crippen LogP contribution is 2.31. The average Bonchev–Trinajstić information content (AvgIpc) is 2.41. The summed E-state index contributed by atoms with van der Waals surface area (Å²) in [6.07, 6.45) is 3.10. The van der Waals surface area contributed by atoms with Gasteiger partial charge in [-0.3, -0.25) is 0 Å². The second-order valence-electron chi connectivity index (χ2n) is 2.69. The molecular formula is C8H9N3OS. The van der Waals surface area contributed by atoms with Gasteiger partial charge in [0.05, 0.1) is 11.3 Å². The second-order valence-corrected chi connectivity index (χ2v) is 4.23. The average molecular weight is 195 g/mol. The number of allylic oxidation sites excluding steroid dienone is 1. The minimum absolute atomic E-state index is 0.608. The molecular weight excluding hydrogens is 186 g/mol. The molecule has 4 nitrogen and oxygen atoms in total. The molecule has 0 radical (unpaired) electrons. The standard InChI is InChI=1S/C8H9N3OS/c1-5-7(9-2)6-3-10-4-11-8(6)13(5)12/h3-4,9H,1-2H3. The third kappa shape index (κ3) is 1.07. The summed E-state index contributed by atoms with van der Waals surface area (Å²) in [4.78, 5) is 8.72. The molecule has 0 aromatic carbocycles. The SMILES string of the molecule is CNC1=C(C)S(=O)c2ncncc21. The molecule has 2 heterocycles. The van der Waals surface area contributed by atoms with Crippen molar-refractivity contribution in [3.8, 4) is 0 Å². The minimum Gasteiger partial charge on any atom is -0.387 e. The van der Waals surface area contributed by atoms with Crippen LogP contribution in [0.25, 0.3) is 5.70 Å². The van der Waals surface area contributed by atoms with E-state index in [1.165, 1.54) is 6.33 Å². The van der Waals surface area contributed by atoms with Crippen molar-refractivity contribution < 1.29 is 4.21 Å². The second kappa shape index (κ2) is 2.92. The summed E-state index contributed by atoms with van der Waals surface area (Å²) < 4.78 is 11.7. The summed E-state index contributed by atoms with van der Waals surface area (Å²) >= 11 is 0. The van der Waals surface area contributed by atoms with Crippen LogP contribution in [-0.2, 0) is 10.8 Å². The fourth-order valence-electron chi connectivity index (χ4n) is 1.38. The Kier molecular flexibility index (Phi) is 1.88. The van der Waals surface area contributed by atoms with Crippen LogP contribution in [0, 0.1) is 0 Å². The fourth-order valence-corrected chi connectivity index (χ4v) is 2.56. The molecule has 0 spiro atoms. The Morgan fingerprint density at radius 2 is 2.31 bits per heavy atom. The van der Waals surface area contributed by atoms with Crippen molar-refractivity contribution >= 4 is 16.5 Å². The van der Waals surface area contributed by atoms with Crippen molar-refractivity contribution in [3.05, 3.63) is 23.0 Å². The first-order valence-electron chi connectivity index (χ1n) is 3.86. The smallest absolute Gasteiger partial charge is 0.144 e. The molecule has 1 aliphatic heterocycles. The molecule has 0 saturated carbocycles. The molecule has 0 saturated heterocycles. The van der Waals surface area contributed by atoms with Gasteiger partial charge in [-0.25, -0.2) is 14.2 Å². The number of fused-ring (bicyclic) bond motifs is 1. The van der Waals surface area contributed by atoms with Crippen molar-refractivity contribution in [2.45, 2.75) is 11.9 Å². The Labute approximate surface area is 78.6 Å². The number of aromatic nitrogens is 2. The van der Waals surface area contributed by atoms with Crippen LogP contribution in [0.2, 0.25) is 0 Å². The van der Waals surface area contributed by atoms with E-state index in [1.807, 2.05) is 6.92 Å². The lowest BCUT2D eigenvalue weighted by Crippen LogP contribution is -2.04. The Balaban J connectivity index is 2.67. The lowest BCUT2D eigenvalue weighted by molar-refractivity contribution is 0.684. The molecule has 0 aliphatic carbocycles. The van der Waals surface area contributed by atoms with Crippen LogP contribution in [0.3, 0.4) is 0 Å². The van der Waals surface area contributed by atoms with Gasteiger partial charge < -0.3 is 5.32 Å². The van der Waals surface area contributed by atoms with Gasteiger partial charge in [-0.05, 0) is 6.92 Å². The fraction of sp³-hybridized carbons (Fsp3) is 0.250. The van der Waals surface area contributed by atoms with Crippen molar-refractivity contribution in [3.63, 3.8) is 0 Å². The lowest BCUT2D eigenvalue weighted by Gasteiger charge is -2.01. The van der Waals surface area contributed by atoms with Gasteiger partial charge in [0.15, 0.2) is 0 Å². The van der Waals surface area contributed by atoms with E-state index in [1.54, 1.807) is 13.2 Å². The third-order valence-electron chi connectivity index (χ3n) is 2.00. The molecule has 0 bridgehead atoms. The van der Waals surface area contributed by atoms with Crippen molar-refractivity contribution in [1.29, 1.82) is 0 Å². The highest BCUT2D eigenvalue weighted by atomic mass is 32.2. The molecule has 1 unspecified atom stereocenters. The zero-order chi connectivity index (χ0) is 9.42. The minimum atomic E-state index is -1.11. The van der Waals surface area contributed by atoms with Gasteiger partial charge in [0.1, 0.15) is 22.2 Å². The highest BCUT2D eigenvalue weighted by Gasteiger charge is 2.26. The quantitative estimate of drug-likeness (QED) is 0.663.